The van der Waals surface area contributed by atoms with Gasteiger partial charge in [-0.25, -0.2) is 0 Å². The minimum absolute atomic E-state index is 0.0472. The van der Waals surface area contributed by atoms with E-state index in [1.807, 2.05) is 34.1 Å². The molecule has 5 heteroatoms. The summed E-state index contributed by atoms with van der Waals surface area (Å²) in [6.07, 6.45) is 7.15. The van der Waals surface area contributed by atoms with Gasteiger partial charge in [0.25, 0.3) is 5.91 Å². The maximum absolute atomic E-state index is 12.7. The number of rotatable bonds is 4. The Hall–Kier alpha value is -2.04. The molecular formula is C20H26N2O3. The van der Waals surface area contributed by atoms with E-state index in [9.17, 15) is 9.59 Å². The fourth-order valence-electron chi connectivity index (χ4n) is 3.78. The number of nitrogens with zero attached hydrogens (tertiary/aromatic N) is 2. The maximum Gasteiger partial charge on any atom is 0.253 e. The van der Waals surface area contributed by atoms with E-state index in [1.54, 1.807) is 0 Å². The number of hydrogen-bond acceptors (Lipinski definition) is 3. The first kappa shape index (κ1) is 16.4. The smallest absolute Gasteiger partial charge is 0.253 e. The van der Waals surface area contributed by atoms with Crippen molar-refractivity contribution in [3.63, 3.8) is 0 Å². The highest BCUT2D eigenvalue weighted by atomic mass is 16.5. The third-order valence-electron chi connectivity index (χ3n) is 5.51. The van der Waals surface area contributed by atoms with Crippen molar-refractivity contribution in [3.8, 4) is 5.75 Å². The molecule has 0 radical (unpaired) electrons. The molecule has 3 fully saturated rings. The lowest BCUT2D eigenvalue weighted by atomic mass is 10.1. The average Bonchev–Trinajstić information content (AvgIpc) is 3.39. The van der Waals surface area contributed by atoms with Crippen LogP contribution in [0.4, 0.5) is 0 Å². The summed E-state index contributed by atoms with van der Waals surface area (Å²) >= 11 is 0. The number of benzene rings is 1. The van der Waals surface area contributed by atoms with Crippen LogP contribution in [0.3, 0.4) is 0 Å². The van der Waals surface area contributed by atoms with Crippen LogP contribution in [0.25, 0.3) is 0 Å². The standard InChI is InChI=1S/C20H26N2O3/c23-19(15-5-6-15)21-11-13-22(14-12-21)20(24)16-7-9-18(10-8-16)25-17-3-1-2-4-17/h7-10,15,17H,1-6,11-14H2. The van der Waals surface area contributed by atoms with Crippen molar-refractivity contribution in [1.82, 2.24) is 9.80 Å². The van der Waals surface area contributed by atoms with Crippen molar-refractivity contribution < 1.29 is 14.3 Å². The van der Waals surface area contributed by atoms with Crippen molar-refractivity contribution in [1.29, 1.82) is 0 Å². The van der Waals surface area contributed by atoms with Gasteiger partial charge in [0.15, 0.2) is 0 Å². The van der Waals surface area contributed by atoms with Crippen LogP contribution in [-0.2, 0) is 4.79 Å². The van der Waals surface area contributed by atoms with Crippen LogP contribution in [0.5, 0.6) is 5.75 Å². The maximum atomic E-state index is 12.7. The molecule has 1 heterocycles. The molecule has 0 atom stereocenters. The summed E-state index contributed by atoms with van der Waals surface area (Å²) in [6, 6.07) is 7.51. The van der Waals surface area contributed by atoms with E-state index in [0.717, 1.165) is 31.4 Å². The van der Waals surface area contributed by atoms with Gasteiger partial charge in [0.1, 0.15) is 5.75 Å². The monoisotopic (exact) mass is 342 g/mol. The average molecular weight is 342 g/mol. The number of hydrogen-bond donors (Lipinski definition) is 0. The molecule has 0 spiro atoms. The van der Waals surface area contributed by atoms with E-state index in [0.29, 0.717) is 37.8 Å². The molecule has 1 aliphatic heterocycles. The zero-order chi connectivity index (χ0) is 17.2. The van der Waals surface area contributed by atoms with Gasteiger partial charge in [-0.1, -0.05) is 0 Å². The largest absolute Gasteiger partial charge is 0.490 e. The van der Waals surface area contributed by atoms with E-state index >= 15 is 0 Å². The number of carbonyl (C=O) groups excluding carboxylic acids is 2. The van der Waals surface area contributed by atoms with Crippen molar-refractivity contribution in [2.45, 2.75) is 44.6 Å². The van der Waals surface area contributed by atoms with Gasteiger partial charge < -0.3 is 14.5 Å². The second-order valence-corrected chi connectivity index (χ2v) is 7.44. The molecule has 0 bridgehead atoms. The first-order valence-electron chi connectivity index (χ1n) is 9.55. The highest BCUT2D eigenvalue weighted by Gasteiger charge is 2.35. The topological polar surface area (TPSA) is 49.9 Å². The third-order valence-corrected chi connectivity index (χ3v) is 5.51. The van der Waals surface area contributed by atoms with Crippen LogP contribution >= 0.6 is 0 Å². The number of amides is 2. The predicted octanol–water partition coefficient (Wildman–Crippen LogP) is 2.70. The molecule has 1 saturated heterocycles. The van der Waals surface area contributed by atoms with E-state index in [-0.39, 0.29) is 17.7 Å². The zero-order valence-electron chi connectivity index (χ0n) is 14.7. The van der Waals surface area contributed by atoms with Crippen molar-refractivity contribution in [2.75, 3.05) is 26.2 Å². The van der Waals surface area contributed by atoms with Crippen LogP contribution in [0.2, 0.25) is 0 Å². The van der Waals surface area contributed by atoms with E-state index in [2.05, 4.69) is 0 Å². The van der Waals surface area contributed by atoms with Crippen molar-refractivity contribution >= 4 is 11.8 Å². The summed E-state index contributed by atoms with van der Waals surface area (Å²) in [7, 11) is 0. The zero-order valence-corrected chi connectivity index (χ0v) is 14.7. The molecule has 2 amide bonds. The van der Waals surface area contributed by atoms with Crippen LogP contribution in [0, 0.1) is 5.92 Å². The van der Waals surface area contributed by atoms with Gasteiger partial charge in [-0.05, 0) is 62.8 Å². The highest BCUT2D eigenvalue weighted by Crippen LogP contribution is 2.31. The van der Waals surface area contributed by atoms with Gasteiger partial charge in [-0.15, -0.1) is 0 Å². The summed E-state index contributed by atoms with van der Waals surface area (Å²) < 4.78 is 5.96. The first-order valence-corrected chi connectivity index (χ1v) is 9.55. The van der Waals surface area contributed by atoms with Crippen LogP contribution in [0.1, 0.15) is 48.9 Å². The van der Waals surface area contributed by atoms with E-state index in [1.165, 1.54) is 12.8 Å². The Morgan fingerprint density at radius 2 is 1.44 bits per heavy atom. The van der Waals surface area contributed by atoms with Gasteiger partial charge >= 0.3 is 0 Å². The van der Waals surface area contributed by atoms with Gasteiger partial charge in [0, 0.05) is 37.7 Å². The SMILES string of the molecule is O=C(c1ccc(OC2CCCC2)cc1)N1CCN(C(=O)C2CC2)CC1. The van der Waals surface area contributed by atoms with Gasteiger partial charge in [0.2, 0.25) is 5.91 Å². The lowest BCUT2D eigenvalue weighted by Crippen LogP contribution is -2.51. The normalized spacial score (nSPS) is 21.4. The molecule has 0 aromatic heterocycles. The van der Waals surface area contributed by atoms with Crippen molar-refractivity contribution in [3.05, 3.63) is 29.8 Å². The number of piperazine rings is 1. The Labute approximate surface area is 148 Å². The molecule has 0 N–H and O–H groups in total. The first-order chi connectivity index (χ1) is 12.2. The van der Waals surface area contributed by atoms with Crippen molar-refractivity contribution in [2.24, 2.45) is 5.92 Å². The van der Waals surface area contributed by atoms with Crippen LogP contribution in [-0.4, -0.2) is 53.9 Å². The Balaban J connectivity index is 1.30. The van der Waals surface area contributed by atoms with Gasteiger partial charge in [-0.2, -0.15) is 0 Å². The molecule has 1 aromatic rings. The Morgan fingerprint density at radius 3 is 2.04 bits per heavy atom. The highest BCUT2D eigenvalue weighted by molar-refractivity contribution is 5.94. The Kier molecular flexibility index (Phi) is 4.64. The predicted molar refractivity (Wildman–Crippen MR) is 94.5 cm³/mol. The lowest BCUT2D eigenvalue weighted by Gasteiger charge is -2.35. The van der Waals surface area contributed by atoms with E-state index in [4.69, 9.17) is 4.74 Å². The minimum atomic E-state index is 0.0472. The Bertz CT molecular complexity index is 625. The molecule has 2 saturated carbocycles. The van der Waals surface area contributed by atoms with Gasteiger partial charge in [-0.3, -0.25) is 9.59 Å². The number of carbonyl (C=O) groups is 2. The molecule has 5 nitrogen and oxygen atoms in total. The lowest BCUT2D eigenvalue weighted by molar-refractivity contribution is -0.134. The molecule has 134 valence electrons. The van der Waals surface area contributed by atoms with Crippen LogP contribution < -0.4 is 4.74 Å². The Morgan fingerprint density at radius 1 is 0.840 bits per heavy atom. The quantitative estimate of drug-likeness (QED) is 0.845. The second-order valence-electron chi connectivity index (χ2n) is 7.44. The molecular weight excluding hydrogens is 316 g/mol. The summed E-state index contributed by atoms with van der Waals surface area (Å²) in [4.78, 5) is 28.5. The molecule has 1 aromatic carbocycles. The molecule has 3 aliphatic rings. The molecule has 4 rings (SSSR count). The fraction of sp³-hybridized carbons (Fsp3) is 0.600. The summed E-state index contributed by atoms with van der Waals surface area (Å²) in [5.74, 6) is 1.43. The van der Waals surface area contributed by atoms with Crippen LogP contribution in [0.15, 0.2) is 24.3 Å². The molecule has 2 aliphatic carbocycles. The second kappa shape index (κ2) is 7.06. The fourth-order valence-corrected chi connectivity index (χ4v) is 3.78. The minimum Gasteiger partial charge on any atom is -0.490 e. The number of ether oxygens (including phenoxy) is 1. The molecule has 25 heavy (non-hydrogen) atoms. The summed E-state index contributed by atoms with van der Waals surface area (Å²) in [5.41, 5.74) is 0.695. The van der Waals surface area contributed by atoms with Gasteiger partial charge in [0.05, 0.1) is 6.10 Å². The summed E-state index contributed by atoms with van der Waals surface area (Å²) in [6.45, 7) is 2.56. The van der Waals surface area contributed by atoms with E-state index < -0.39 is 0 Å². The third kappa shape index (κ3) is 3.80. The molecule has 0 unspecified atom stereocenters. The summed E-state index contributed by atoms with van der Waals surface area (Å²) in [5, 5.41) is 0.